The quantitative estimate of drug-likeness (QED) is 0.809. The number of nitrogens with one attached hydrogen (secondary N) is 2. The molecule has 7 nitrogen and oxygen atoms in total. The van der Waals surface area contributed by atoms with E-state index in [1.165, 1.54) is 0 Å². The van der Waals surface area contributed by atoms with Crippen molar-refractivity contribution >= 4 is 17.9 Å². The third-order valence-corrected chi connectivity index (χ3v) is 6.04. The third-order valence-electron chi connectivity index (χ3n) is 6.04. The molecule has 2 heterocycles. The van der Waals surface area contributed by atoms with Gasteiger partial charge in [-0.25, -0.2) is 0 Å². The number of fused-ring (bicyclic) bond motifs is 1. The highest BCUT2D eigenvalue weighted by atomic mass is 16.2. The van der Waals surface area contributed by atoms with Crippen molar-refractivity contribution in [2.45, 2.75) is 64.8 Å². The first kappa shape index (κ1) is 17.9. The Morgan fingerprint density at radius 2 is 2.11 bits per heavy atom. The molecular weight excluding hydrogens is 342 g/mol. The van der Waals surface area contributed by atoms with E-state index in [1.807, 2.05) is 10.9 Å². The van der Waals surface area contributed by atoms with Crippen LogP contribution in [0.25, 0.3) is 0 Å². The first-order valence-electron chi connectivity index (χ1n) is 9.82. The maximum Gasteiger partial charge on any atom is 0.276 e. The smallest absolute Gasteiger partial charge is 0.276 e. The van der Waals surface area contributed by atoms with Crippen LogP contribution in [-0.4, -0.2) is 32.2 Å². The van der Waals surface area contributed by atoms with Crippen LogP contribution in [0, 0.1) is 11.3 Å². The minimum Gasteiger partial charge on any atom is -0.318 e. The minimum absolute atomic E-state index is 0.184. The molecule has 0 spiro atoms. The van der Waals surface area contributed by atoms with Crippen molar-refractivity contribution < 1.29 is 9.59 Å². The van der Waals surface area contributed by atoms with E-state index in [9.17, 15) is 9.59 Å². The van der Waals surface area contributed by atoms with E-state index >= 15 is 0 Å². The van der Waals surface area contributed by atoms with Gasteiger partial charge in [0.15, 0.2) is 5.69 Å². The van der Waals surface area contributed by atoms with Crippen LogP contribution in [0.1, 0.15) is 73.7 Å². The molecule has 0 aromatic carbocycles. The highest BCUT2D eigenvalue weighted by Gasteiger charge is 2.30. The van der Waals surface area contributed by atoms with Gasteiger partial charge in [0.05, 0.1) is 17.9 Å². The normalized spacial score (nSPS) is 24.2. The van der Waals surface area contributed by atoms with Crippen molar-refractivity contribution in [3.63, 3.8) is 0 Å². The molecule has 0 aliphatic heterocycles. The number of nitrogens with zero attached hydrogens (tertiary/aromatic N) is 3. The Morgan fingerprint density at radius 1 is 1.33 bits per heavy atom. The minimum atomic E-state index is -0.184. The lowest BCUT2D eigenvalue weighted by Gasteiger charge is -2.28. The number of anilines is 1. The van der Waals surface area contributed by atoms with Gasteiger partial charge < -0.3 is 10.1 Å². The molecule has 0 bridgehead atoms. The van der Waals surface area contributed by atoms with Crippen LogP contribution in [0.15, 0.2) is 12.4 Å². The number of carbonyl (C=O) groups is 2. The number of rotatable bonds is 4. The van der Waals surface area contributed by atoms with E-state index in [1.54, 1.807) is 6.20 Å². The van der Waals surface area contributed by atoms with Crippen LogP contribution in [0.4, 0.5) is 5.69 Å². The summed E-state index contributed by atoms with van der Waals surface area (Å²) in [5, 5.41) is 14.7. The summed E-state index contributed by atoms with van der Waals surface area (Å²) in [5.41, 5.74) is 3.56. The zero-order chi connectivity index (χ0) is 19.0. The molecule has 0 atom stereocenters. The first-order valence-corrected chi connectivity index (χ1v) is 9.82. The number of hydrogen-bond acceptors (Lipinski definition) is 4. The summed E-state index contributed by atoms with van der Waals surface area (Å²) in [4.78, 5) is 23.6. The number of aldehydes is 1. The highest BCUT2D eigenvalue weighted by molar-refractivity contribution is 6.03. The Morgan fingerprint density at radius 3 is 2.85 bits per heavy atom. The Hall–Kier alpha value is -2.44. The lowest BCUT2D eigenvalue weighted by molar-refractivity contribution is -0.112. The second-order valence-corrected chi connectivity index (χ2v) is 8.74. The molecule has 1 fully saturated rings. The molecule has 2 aliphatic rings. The summed E-state index contributed by atoms with van der Waals surface area (Å²) in [7, 11) is 0. The number of hydrogen-bond donors (Lipinski definition) is 2. The van der Waals surface area contributed by atoms with E-state index in [-0.39, 0.29) is 17.2 Å². The molecule has 27 heavy (non-hydrogen) atoms. The Balaban J connectivity index is 1.42. The van der Waals surface area contributed by atoms with Crippen LogP contribution in [0.3, 0.4) is 0 Å². The Labute approximate surface area is 158 Å². The van der Waals surface area contributed by atoms with E-state index in [4.69, 9.17) is 0 Å². The van der Waals surface area contributed by atoms with Crippen molar-refractivity contribution in [1.29, 1.82) is 0 Å². The molecule has 1 amide bonds. The number of carbonyl (C=O) groups excluding carboxylic acids is 2. The van der Waals surface area contributed by atoms with Crippen LogP contribution in [0.2, 0.25) is 0 Å². The number of aromatic amines is 1. The first-order chi connectivity index (χ1) is 12.9. The molecule has 1 saturated carbocycles. The maximum atomic E-state index is 12.7. The summed E-state index contributed by atoms with van der Waals surface area (Å²) >= 11 is 0. The van der Waals surface area contributed by atoms with Gasteiger partial charge in [0.25, 0.3) is 5.91 Å². The number of aromatic nitrogens is 4. The van der Waals surface area contributed by atoms with Crippen LogP contribution < -0.4 is 5.32 Å². The van der Waals surface area contributed by atoms with E-state index in [0.29, 0.717) is 17.4 Å². The largest absolute Gasteiger partial charge is 0.318 e. The second kappa shape index (κ2) is 6.94. The zero-order valence-corrected chi connectivity index (χ0v) is 16.0. The second-order valence-electron chi connectivity index (χ2n) is 8.74. The monoisotopic (exact) mass is 369 g/mol. The number of H-pyrrole nitrogens is 1. The molecule has 144 valence electrons. The lowest BCUT2D eigenvalue weighted by atomic mass is 9.76. The standard InChI is InChI=1S/C20H27N5O2/c1-20(2)8-7-16-17(9-20)23-24-18(16)19(27)22-14-10-21-25(11-14)15-5-3-13(12-26)4-6-15/h10-13,15H,3-9H2,1-2H3,(H,22,27)(H,23,24). The van der Waals surface area contributed by atoms with Crippen molar-refractivity contribution in [2.75, 3.05) is 5.32 Å². The lowest BCUT2D eigenvalue weighted by Crippen LogP contribution is -2.23. The van der Waals surface area contributed by atoms with Crippen LogP contribution >= 0.6 is 0 Å². The van der Waals surface area contributed by atoms with Crippen molar-refractivity contribution in [1.82, 2.24) is 20.0 Å². The molecular formula is C20H27N5O2. The zero-order valence-electron chi connectivity index (χ0n) is 16.0. The Bertz CT molecular complexity index is 842. The number of amides is 1. The van der Waals surface area contributed by atoms with Gasteiger partial charge in [-0.05, 0) is 50.4 Å². The van der Waals surface area contributed by atoms with Gasteiger partial charge in [-0.15, -0.1) is 0 Å². The van der Waals surface area contributed by atoms with Crippen molar-refractivity contribution in [3.05, 3.63) is 29.3 Å². The molecule has 2 N–H and O–H groups in total. The summed E-state index contributed by atoms with van der Waals surface area (Å²) in [6.07, 6.45) is 11.2. The molecule has 2 aliphatic carbocycles. The summed E-state index contributed by atoms with van der Waals surface area (Å²) in [6, 6.07) is 0.298. The van der Waals surface area contributed by atoms with Gasteiger partial charge in [-0.2, -0.15) is 10.2 Å². The third kappa shape index (κ3) is 3.68. The molecule has 2 aromatic rings. The molecule has 7 heteroatoms. The van der Waals surface area contributed by atoms with Crippen LogP contribution in [0.5, 0.6) is 0 Å². The summed E-state index contributed by atoms with van der Waals surface area (Å²) in [5.74, 6) is 0.00299. The average Bonchev–Trinajstić information content (AvgIpc) is 3.27. The van der Waals surface area contributed by atoms with Gasteiger partial charge in [-0.3, -0.25) is 14.6 Å². The predicted molar refractivity (Wildman–Crippen MR) is 102 cm³/mol. The SMILES string of the molecule is CC1(C)CCc2c(C(=O)Nc3cnn(C4CCC(C=O)CC4)c3)n[nH]c2C1. The van der Waals surface area contributed by atoms with Crippen LogP contribution in [-0.2, 0) is 17.6 Å². The molecule has 4 rings (SSSR count). The summed E-state index contributed by atoms with van der Waals surface area (Å²) < 4.78 is 1.92. The van der Waals surface area contributed by atoms with Gasteiger partial charge in [-0.1, -0.05) is 13.8 Å². The fourth-order valence-electron chi connectivity index (χ4n) is 4.33. The van der Waals surface area contributed by atoms with Gasteiger partial charge in [0, 0.05) is 23.4 Å². The van der Waals surface area contributed by atoms with Gasteiger partial charge >= 0.3 is 0 Å². The fourth-order valence-corrected chi connectivity index (χ4v) is 4.33. The fraction of sp³-hybridized carbons (Fsp3) is 0.600. The van der Waals surface area contributed by atoms with E-state index in [0.717, 1.165) is 62.5 Å². The Kier molecular flexibility index (Phi) is 4.61. The van der Waals surface area contributed by atoms with E-state index in [2.05, 4.69) is 34.5 Å². The van der Waals surface area contributed by atoms with Crippen molar-refractivity contribution in [3.8, 4) is 0 Å². The van der Waals surface area contributed by atoms with Gasteiger partial charge in [0.2, 0.25) is 0 Å². The average molecular weight is 369 g/mol. The molecule has 0 radical (unpaired) electrons. The topological polar surface area (TPSA) is 92.7 Å². The maximum absolute atomic E-state index is 12.7. The summed E-state index contributed by atoms with van der Waals surface area (Å²) in [6.45, 7) is 4.49. The molecule has 0 unspecified atom stereocenters. The predicted octanol–water partition coefficient (Wildman–Crippen LogP) is 3.30. The molecule has 0 saturated heterocycles. The van der Waals surface area contributed by atoms with Gasteiger partial charge in [0.1, 0.15) is 6.29 Å². The van der Waals surface area contributed by atoms with Crippen molar-refractivity contribution in [2.24, 2.45) is 11.3 Å². The van der Waals surface area contributed by atoms with E-state index < -0.39 is 0 Å². The molecule has 2 aromatic heterocycles. The highest BCUT2D eigenvalue weighted by Crippen LogP contribution is 2.35.